The summed E-state index contributed by atoms with van der Waals surface area (Å²) in [6, 6.07) is 12.1. The van der Waals surface area contributed by atoms with E-state index in [-0.39, 0.29) is 0 Å². The molecule has 0 N–H and O–H groups in total. The van der Waals surface area contributed by atoms with Crippen molar-refractivity contribution in [3.05, 3.63) is 42.1 Å². The molecule has 0 fully saturated rings. The molecular weight excluding hydrogens is 260 g/mol. The van der Waals surface area contributed by atoms with Gasteiger partial charge in [0.25, 0.3) is 0 Å². The zero-order valence-corrected chi connectivity index (χ0v) is 10.1. The van der Waals surface area contributed by atoms with Gasteiger partial charge in [-0.05, 0) is 12.1 Å². The SMILES string of the molecule is C[n+]1cc(C#N)cc2ccccc21.[O-][Cl+3]([O-])([O-])[O-]. The van der Waals surface area contributed by atoms with Gasteiger partial charge in [0.15, 0.2) is 6.20 Å². The van der Waals surface area contributed by atoms with Gasteiger partial charge in [0.05, 0.1) is 0 Å². The molecule has 2 rings (SSSR count). The van der Waals surface area contributed by atoms with Crippen molar-refractivity contribution in [2.24, 2.45) is 7.05 Å². The average Bonchev–Trinajstić information content (AvgIpc) is 2.26. The van der Waals surface area contributed by atoms with E-state index in [1.807, 2.05) is 48.1 Å². The minimum atomic E-state index is -4.94. The molecule has 0 bridgehead atoms. The van der Waals surface area contributed by atoms with Gasteiger partial charge in [0.2, 0.25) is 5.52 Å². The maximum absolute atomic E-state index is 8.76. The first-order chi connectivity index (χ1) is 8.31. The van der Waals surface area contributed by atoms with E-state index >= 15 is 0 Å². The summed E-state index contributed by atoms with van der Waals surface area (Å²) in [5, 5.41) is 9.86. The van der Waals surface area contributed by atoms with Crippen molar-refractivity contribution in [3.8, 4) is 6.07 Å². The number of para-hydroxylation sites is 1. The van der Waals surface area contributed by atoms with E-state index in [0.717, 1.165) is 10.9 Å². The Hall–Kier alpha value is -1.75. The predicted octanol–water partition coefficient (Wildman–Crippen LogP) is -3.22. The fraction of sp³-hybridized carbons (Fsp3) is 0.0909. The fourth-order valence-corrected chi connectivity index (χ4v) is 1.47. The lowest BCUT2D eigenvalue weighted by molar-refractivity contribution is -2.00. The van der Waals surface area contributed by atoms with Gasteiger partial charge in [-0.15, -0.1) is 10.2 Å². The Morgan fingerprint density at radius 1 is 1.17 bits per heavy atom. The highest BCUT2D eigenvalue weighted by molar-refractivity contribution is 5.76. The maximum atomic E-state index is 8.76. The lowest BCUT2D eigenvalue weighted by Crippen LogP contribution is -2.68. The van der Waals surface area contributed by atoms with Gasteiger partial charge in [-0.25, -0.2) is 18.6 Å². The number of halogens is 1. The number of nitriles is 1. The molecule has 0 saturated carbocycles. The van der Waals surface area contributed by atoms with Gasteiger partial charge >= 0.3 is 0 Å². The summed E-state index contributed by atoms with van der Waals surface area (Å²) in [5.74, 6) is 0. The second-order valence-electron chi connectivity index (χ2n) is 3.39. The van der Waals surface area contributed by atoms with Crippen molar-refractivity contribution in [2.75, 3.05) is 0 Å². The highest BCUT2D eigenvalue weighted by Crippen LogP contribution is 2.09. The number of hydrogen-bond acceptors (Lipinski definition) is 5. The van der Waals surface area contributed by atoms with E-state index in [0.29, 0.717) is 5.56 Å². The number of aromatic nitrogens is 1. The standard InChI is InChI=1S/C11H9N2.ClHO4/c1-13-8-9(7-12)6-10-4-2-3-5-11(10)13;2-1(3,4)5/h2-6,8H,1H3;(H,2,3,4,5)/q+1;/p-1. The average molecular weight is 269 g/mol. The highest BCUT2D eigenvalue weighted by atomic mass is 35.7. The summed E-state index contributed by atoms with van der Waals surface area (Å²) in [6.45, 7) is 0. The first kappa shape index (κ1) is 14.3. The Balaban J connectivity index is 0.000000280. The van der Waals surface area contributed by atoms with Crippen LogP contribution < -0.4 is 23.2 Å². The topological polar surface area (TPSA) is 120 Å². The second-order valence-corrected chi connectivity index (χ2v) is 4.14. The number of rotatable bonds is 0. The number of hydrogen-bond donors (Lipinski definition) is 0. The van der Waals surface area contributed by atoms with Crippen LogP contribution in [0.15, 0.2) is 36.5 Å². The molecule has 1 aromatic heterocycles. The van der Waals surface area contributed by atoms with Crippen LogP contribution in [0, 0.1) is 21.6 Å². The summed E-state index contributed by atoms with van der Waals surface area (Å²) < 4.78 is 35.9. The molecule has 1 aromatic carbocycles. The van der Waals surface area contributed by atoms with E-state index in [9.17, 15) is 0 Å². The summed E-state index contributed by atoms with van der Waals surface area (Å²) in [7, 11) is -3.00. The van der Waals surface area contributed by atoms with Crippen LogP contribution in [-0.2, 0) is 7.05 Å². The minimum absolute atomic E-state index is 0.696. The van der Waals surface area contributed by atoms with E-state index < -0.39 is 10.2 Å². The lowest BCUT2D eigenvalue weighted by atomic mass is 10.2. The molecular formula is C11H9ClN2O4. The first-order valence-corrected chi connectivity index (χ1v) is 5.95. The van der Waals surface area contributed by atoms with E-state index in [2.05, 4.69) is 6.07 Å². The van der Waals surface area contributed by atoms with Gasteiger partial charge in [-0.1, -0.05) is 12.1 Å². The number of aryl methyl sites for hydroxylation is 1. The van der Waals surface area contributed by atoms with Crippen molar-refractivity contribution in [1.29, 1.82) is 5.26 Å². The fourth-order valence-electron chi connectivity index (χ4n) is 1.47. The first-order valence-electron chi connectivity index (χ1n) is 4.71. The van der Waals surface area contributed by atoms with Gasteiger partial charge in [-0.2, -0.15) is 9.83 Å². The van der Waals surface area contributed by atoms with Gasteiger partial charge in [0, 0.05) is 11.5 Å². The third-order valence-corrected chi connectivity index (χ3v) is 2.09. The number of nitrogens with zero attached hydrogens (tertiary/aromatic N) is 2. The summed E-state index contributed by atoms with van der Waals surface area (Å²) >= 11 is 0. The molecule has 0 radical (unpaired) electrons. The zero-order valence-electron chi connectivity index (χ0n) is 9.37. The van der Waals surface area contributed by atoms with Gasteiger partial charge in [0.1, 0.15) is 18.7 Å². The molecule has 7 heteroatoms. The molecule has 94 valence electrons. The van der Waals surface area contributed by atoms with Crippen molar-refractivity contribution in [1.82, 2.24) is 0 Å². The Morgan fingerprint density at radius 3 is 2.28 bits per heavy atom. The van der Waals surface area contributed by atoms with Crippen LogP contribution in [0.1, 0.15) is 5.56 Å². The van der Waals surface area contributed by atoms with Gasteiger partial charge < -0.3 is 0 Å². The van der Waals surface area contributed by atoms with Crippen LogP contribution >= 0.6 is 0 Å². The molecule has 6 nitrogen and oxygen atoms in total. The van der Waals surface area contributed by atoms with E-state index in [4.69, 9.17) is 23.9 Å². The predicted molar refractivity (Wildman–Crippen MR) is 49.8 cm³/mol. The smallest absolute Gasteiger partial charge is 0.212 e. The van der Waals surface area contributed by atoms with Crippen LogP contribution in [0.4, 0.5) is 0 Å². The van der Waals surface area contributed by atoms with E-state index in [1.165, 1.54) is 0 Å². The number of benzene rings is 1. The maximum Gasteiger partial charge on any atom is 0.212 e. The summed E-state index contributed by atoms with van der Waals surface area (Å²) in [5.41, 5.74) is 1.84. The molecule has 0 aliphatic heterocycles. The molecule has 1 heterocycles. The summed E-state index contributed by atoms with van der Waals surface area (Å²) in [4.78, 5) is 0. The number of pyridine rings is 1. The van der Waals surface area contributed by atoms with Crippen molar-refractivity contribution >= 4 is 10.9 Å². The molecule has 0 aliphatic carbocycles. The Bertz CT molecular complexity index is 584. The largest absolute Gasteiger partial charge is 0.222 e. The minimum Gasteiger partial charge on any atom is -0.222 e. The second kappa shape index (κ2) is 5.73. The molecule has 0 saturated heterocycles. The van der Waals surface area contributed by atoms with Crippen LogP contribution in [0.5, 0.6) is 0 Å². The van der Waals surface area contributed by atoms with Gasteiger partial charge in [-0.3, -0.25) is 0 Å². The molecule has 0 atom stereocenters. The molecule has 18 heavy (non-hydrogen) atoms. The quantitative estimate of drug-likeness (QED) is 0.466. The van der Waals surface area contributed by atoms with Crippen molar-refractivity contribution in [3.63, 3.8) is 0 Å². The normalized spacial score (nSPS) is 10.4. The highest BCUT2D eigenvalue weighted by Gasteiger charge is 2.05. The zero-order chi connectivity index (χ0) is 13.8. The monoisotopic (exact) mass is 268 g/mol. The van der Waals surface area contributed by atoms with Crippen LogP contribution in [0.3, 0.4) is 0 Å². The van der Waals surface area contributed by atoms with Crippen molar-refractivity contribution < 1.29 is 33.4 Å². The molecule has 0 spiro atoms. The molecule has 0 amide bonds. The molecule has 2 aromatic rings. The van der Waals surface area contributed by atoms with E-state index in [1.54, 1.807) is 0 Å². The third kappa shape index (κ3) is 4.63. The number of fused-ring (bicyclic) bond motifs is 1. The van der Waals surface area contributed by atoms with Crippen LogP contribution in [0.2, 0.25) is 0 Å². The Morgan fingerprint density at radius 2 is 1.72 bits per heavy atom. The molecule has 0 aliphatic rings. The van der Waals surface area contributed by atoms with Crippen LogP contribution in [-0.4, -0.2) is 0 Å². The third-order valence-electron chi connectivity index (χ3n) is 2.09. The molecule has 0 unspecified atom stereocenters. The lowest BCUT2D eigenvalue weighted by Gasteiger charge is -2.17. The Labute approximate surface area is 105 Å². The summed E-state index contributed by atoms with van der Waals surface area (Å²) in [6.07, 6.45) is 1.84. The van der Waals surface area contributed by atoms with Crippen molar-refractivity contribution in [2.45, 2.75) is 0 Å². The Kier molecular flexibility index (Phi) is 4.55. The van der Waals surface area contributed by atoms with Crippen LogP contribution in [0.25, 0.3) is 10.9 Å².